The van der Waals surface area contributed by atoms with E-state index in [-0.39, 0.29) is 11.5 Å². The van der Waals surface area contributed by atoms with Crippen LogP contribution in [0.2, 0.25) is 0 Å². The van der Waals surface area contributed by atoms with E-state index in [1.807, 2.05) is 30.3 Å². The Kier molecular flexibility index (Phi) is 2.71. The van der Waals surface area contributed by atoms with Gasteiger partial charge in [-0.05, 0) is 18.1 Å². The summed E-state index contributed by atoms with van der Waals surface area (Å²) in [5.41, 5.74) is 4.52. The fraction of sp³-hybridized carbons (Fsp3) is 0.200. The van der Waals surface area contributed by atoms with Crippen LogP contribution in [-0.2, 0) is 0 Å². The summed E-state index contributed by atoms with van der Waals surface area (Å²) in [4.78, 5) is 16.2. The number of H-pyrrole nitrogens is 2. The molecular formula is C15H15N3O. The highest BCUT2D eigenvalue weighted by Gasteiger charge is 2.15. The van der Waals surface area contributed by atoms with Gasteiger partial charge in [0.15, 0.2) is 0 Å². The highest BCUT2D eigenvalue weighted by Crippen LogP contribution is 2.32. The van der Waals surface area contributed by atoms with Crippen molar-refractivity contribution < 1.29 is 0 Å². The van der Waals surface area contributed by atoms with Crippen LogP contribution in [0.4, 0.5) is 5.69 Å². The predicted molar refractivity (Wildman–Crippen MR) is 78.0 cm³/mol. The lowest BCUT2D eigenvalue weighted by molar-refractivity contribution is 0.808. The molecule has 0 saturated carbocycles. The summed E-state index contributed by atoms with van der Waals surface area (Å²) in [7, 11) is 0. The molecule has 4 nitrogen and oxygen atoms in total. The largest absolute Gasteiger partial charge is 0.301 e. The van der Waals surface area contributed by atoms with Gasteiger partial charge >= 0.3 is 0 Å². The van der Waals surface area contributed by atoms with Crippen molar-refractivity contribution in [1.29, 1.82) is 0 Å². The van der Waals surface area contributed by atoms with Crippen LogP contribution >= 0.6 is 0 Å². The summed E-state index contributed by atoms with van der Waals surface area (Å²) in [6.45, 7) is 4.11. The number of hydrogen-bond acceptors (Lipinski definition) is 2. The van der Waals surface area contributed by atoms with E-state index in [0.29, 0.717) is 5.56 Å². The molecule has 0 fully saturated rings. The highest BCUT2D eigenvalue weighted by atomic mass is 16.1. The number of nitrogens with zero attached hydrogens (tertiary/aromatic N) is 1. The molecule has 1 aliphatic rings. The minimum absolute atomic E-state index is 0.0889. The van der Waals surface area contributed by atoms with E-state index in [4.69, 9.17) is 0 Å². The average Bonchev–Trinajstić information content (AvgIpc) is 2.96. The van der Waals surface area contributed by atoms with Crippen LogP contribution in [0.5, 0.6) is 0 Å². The molecule has 0 atom stereocenters. The number of aromatic nitrogens is 2. The number of fused-ring (bicyclic) bond motifs is 1. The van der Waals surface area contributed by atoms with Gasteiger partial charge in [0, 0.05) is 23.0 Å². The molecule has 0 unspecified atom stereocenters. The zero-order valence-corrected chi connectivity index (χ0v) is 10.9. The maximum atomic E-state index is 11.9. The number of allylic oxidation sites excluding steroid dienone is 1. The van der Waals surface area contributed by atoms with E-state index in [2.05, 4.69) is 29.0 Å². The Morgan fingerprint density at radius 1 is 1.21 bits per heavy atom. The van der Waals surface area contributed by atoms with Gasteiger partial charge < -0.3 is 5.10 Å². The van der Waals surface area contributed by atoms with E-state index < -0.39 is 0 Å². The summed E-state index contributed by atoms with van der Waals surface area (Å²) >= 11 is 0. The molecule has 96 valence electrons. The van der Waals surface area contributed by atoms with Gasteiger partial charge in [0.05, 0.1) is 11.3 Å². The molecule has 0 radical (unpaired) electrons. The maximum Gasteiger partial charge on any atom is 0.271 e. The number of rotatable bonds is 2. The van der Waals surface area contributed by atoms with Gasteiger partial charge in [0.1, 0.15) is 0 Å². The van der Waals surface area contributed by atoms with Crippen LogP contribution in [0.15, 0.2) is 34.1 Å². The molecule has 3 rings (SSSR count). The summed E-state index contributed by atoms with van der Waals surface area (Å²) in [5, 5.41) is 5.59. The van der Waals surface area contributed by atoms with E-state index >= 15 is 0 Å². The molecule has 2 N–H and O–H groups in total. The van der Waals surface area contributed by atoms with Crippen molar-refractivity contribution in [3.8, 4) is 0 Å². The zero-order valence-electron chi connectivity index (χ0n) is 10.9. The molecule has 2 aromatic rings. The Bertz CT molecular complexity index is 732. The lowest BCUT2D eigenvalue weighted by Gasteiger charge is -2.03. The predicted octanol–water partition coefficient (Wildman–Crippen LogP) is 3.08. The number of hydrogen-bond donors (Lipinski definition) is 2. The fourth-order valence-electron chi connectivity index (χ4n) is 2.29. The van der Waals surface area contributed by atoms with Crippen molar-refractivity contribution >= 4 is 23.6 Å². The molecule has 19 heavy (non-hydrogen) atoms. The van der Waals surface area contributed by atoms with Gasteiger partial charge in [0.2, 0.25) is 0 Å². The lowest BCUT2D eigenvalue weighted by atomic mass is 10.0. The normalized spacial score (nSPS) is 15.4. The first kappa shape index (κ1) is 11.7. The lowest BCUT2D eigenvalue weighted by Crippen LogP contribution is -2.03. The van der Waals surface area contributed by atoms with Crippen molar-refractivity contribution in [3.63, 3.8) is 0 Å². The van der Waals surface area contributed by atoms with Crippen molar-refractivity contribution in [1.82, 2.24) is 10.2 Å². The maximum absolute atomic E-state index is 11.9. The Morgan fingerprint density at radius 2 is 2.00 bits per heavy atom. The third kappa shape index (κ3) is 1.95. The molecule has 2 heterocycles. The third-order valence-electron chi connectivity index (χ3n) is 3.28. The van der Waals surface area contributed by atoms with E-state index in [1.165, 1.54) is 0 Å². The first-order valence-electron chi connectivity index (χ1n) is 6.32. The number of nitrogens with one attached hydrogen (secondary N) is 2. The van der Waals surface area contributed by atoms with Crippen LogP contribution in [0.1, 0.15) is 36.6 Å². The van der Waals surface area contributed by atoms with Gasteiger partial charge in [-0.25, -0.2) is 0 Å². The Morgan fingerprint density at radius 3 is 2.79 bits per heavy atom. The van der Waals surface area contributed by atoms with Gasteiger partial charge in [-0.15, -0.1) is 0 Å². The number of benzene rings is 1. The van der Waals surface area contributed by atoms with Gasteiger partial charge in [-0.2, -0.15) is 0 Å². The molecule has 0 bridgehead atoms. The van der Waals surface area contributed by atoms with Crippen molar-refractivity contribution in [3.05, 3.63) is 51.4 Å². The molecule has 1 aromatic heterocycles. The van der Waals surface area contributed by atoms with Crippen LogP contribution in [0, 0.1) is 0 Å². The quantitative estimate of drug-likeness (QED) is 0.848. The molecule has 1 aliphatic heterocycles. The van der Waals surface area contributed by atoms with Crippen LogP contribution in [-0.4, -0.2) is 16.4 Å². The number of aliphatic imine (C=N–C) groups is 1. The summed E-state index contributed by atoms with van der Waals surface area (Å²) in [5.74, 6) is 0.263. The van der Waals surface area contributed by atoms with E-state index in [9.17, 15) is 4.79 Å². The standard InChI is InChI=1S/C15H15N3O/c1-9(2)14-12(15(19)18-17-14)7-10-8-16-13-6-4-3-5-11(10)13/h3-9H,1-2H3,(H2,17,18,19). The second-order valence-corrected chi connectivity index (χ2v) is 4.94. The molecule has 0 aliphatic carbocycles. The second kappa shape index (κ2) is 4.39. The topological polar surface area (TPSA) is 61.0 Å². The van der Waals surface area contributed by atoms with E-state index in [1.54, 1.807) is 6.21 Å². The number of para-hydroxylation sites is 1. The molecule has 1 aromatic carbocycles. The van der Waals surface area contributed by atoms with Crippen molar-refractivity contribution in [2.75, 3.05) is 0 Å². The van der Waals surface area contributed by atoms with Gasteiger partial charge in [-0.1, -0.05) is 32.0 Å². The molecular weight excluding hydrogens is 238 g/mol. The fourth-order valence-corrected chi connectivity index (χ4v) is 2.29. The Hall–Kier alpha value is -2.36. The summed E-state index contributed by atoms with van der Waals surface area (Å²) < 4.78 is 0. The summed E-state index contributed by atoms with van der Waals surface area (Å²) in [6, 6.07) is 7.93. The van der Waals surface area contributed by atoms with Crippen molar-refractivity contribution in [2.24, 2.45) is 4.99 Å². The van der Waals surface area contributed by atoms with E-state index in [0.717, 1.165) is 22.5 Å². The molecule has 0 amide bonds. The van der Waals surface area contributed by atoms with Crippen molar-refractivity contribution in [2.45, 2.75) is 19.8 Å². The van der Waals surface area contributed by atoms with Crippen LogP contribution in [0.3, 0.4) is 0 Å². The van der Waals surface area contributed by atoms with Gasteiger partial charge in [0.25, 0.3) is 5.56 Å². The molecule has 0 saturated heterocycles. The minimum Gasteiger partial charge on any atom is -0.301 e. The Balaban J connectivity index is 2.12. The molecule has 0 spiro atoms. The molecule has 4 heteroatoms. The smallest absolute Gasteiger partial charge is 0.271 e. The number of aromatic amines is 2. The van der Waals surface area contributed by atoms with Crippen LogP contribution < -0.4 is 5.56 Å². The minimum atomic E-state index is -0.0889. The second-order valence-electron chi connectivity index (χ2n) is 4.94. The zero-order chi connectivity index (χ0) is 13.4. The first-order chi connectivity index (χ1) is 9.16. The Labute approximate surface area is 110 Å². The highest BCUT2D eigenvalue weighted by molar-refractivity contribution is 6.21. The first-order valence-corrected chi connectivity index (χ1v) is 6.32. The SMILES string of the molecule is CC(C)c1[nH][nH]c(=O)c1C=C1C=Nc2ccccc21. The monoisotopic (exact) mass is 253 g/mol. The summed E-state index contributed by atoms with van der Waals surface area (Å²) in [6.07, 6.45) is 3.71. The van der Waals surface area contributed by atoms with Crippen LogP contribution in [0.25, 0.3) is 11.6 Å². The van der Waals surface area contributed by atoms with Gasteiger partial charge in [-0.3, -0.25) is 14.9 Å². The average molecular weight is 253 g/mol. The third-order valence-corrected chi connectivity index (χ3v) is 3.28.